The van der Waals surface area contributed by atoms with Gasteiger partial charge in [-0.1, -0.05) is 103 Å². The Kier molecular flexibility index (Phi) is 5.69. The minimum atomic E-state index is 0.904. The van der Waals surface area contributed by atoms with Gasteiger partial charge in [-0.25, -0.2) is 4.98 Å². The summed E-state index contributed by atoms with van der Waals surface area (Å²) in [6, 6.07) is 49.3. The second kappa shape index (κ2) is 9.62. The lowest BCUT2D eigenvalue weighted by Gasteiger charge is -2.25. The summed E-state index contributed by atoms with van der Waals surface area (Å²) in [5.41, 5.74) is 6.96. The van der Waals surface area contributed by atoms with E-state index in [1.807, 2.05) is 6.20 Å². The van der Waals surface area contributed by atoms with E-state index in [-0.39, 0.29) is 0 Å². The van der Waals surface area contributed by atoms with Crippen LogP contribution in [0.5, 0.6) is 0 Å². The third kappa shape index (κ3) is 4.13. The van der Waals surface area contributed by atoms with Crippen LogP contribution < -0.4 is 4.90 Å². The van der Waals surface area contributed by atoms with Crippen molar-refractivity contribution in [3.8, 4) is 22.3 Å². The number of thiophene rings is 1. The van der Waals surface area contributed by atoms with E-state index >= 15 is 0 Å². The average Bonchev–Trinajstić information content (AvgIpc) is 3.37. The number of nitrogens with zero attached hydrogens (tertiary/aromatic N) is 2. The Labute approximate surface area is 226 Å². The van der Waals surface area contributed by atoms with E-state index in [1.54, 1.807) is 11.3 Å². The number of aromatic nitrogens is 1. The fourth-order valence-corrected chi connectivity index (χ4v) is 6.08. The van der Waals surface area contributed by atoms with Crippen LogP contribution in [0.2, 0.25) is 0 Å². The quantitative estimate of drug-likeness (QED) is 0.232. The van der Waals surface area contributed by atoms with Crippen LogP contribution in [0.15, 0.2) is 146 Å². The van der Waals surface area contributed by atoms with Gasteiger partial charge in [0.2, 0.25) is 0 Å². The van der Waals surface area contributed by atoms with E-state index in [2.05, 4.69) is 144 Å². The van der Waals surface area contributed by atoms with Crippen molar-refractivity contribution in [2.75, 3.05) is 4.90 Å². The standard InChI is InChI=1S/C35H24N2S/c1-3-9-25(10-4-1)27-15-19-29(20-16-27)37(30-21-17-28(18-22-30)26-11-5-2-6-12-26)35-23-32-31-13-7-8-14-33(31)38-34(32)24-36-35/h1-24H. The van der Waals surface area contributed by atoms with Gasteiger partial charge in [-0.05, 0) is 58.7 Å². The van der Waals surface area contributed by atoms with E-state index in [4.69, 9.17) is 4.98 Å². The first kappa shape index (κ1) is 22.5. The fourth-order valence-electron chi connectivity index (χ4n) is 5.02. The highest BCUT2D eigenvalue weighted by Crippen LogP contribution is 2.40. The molecule has 0 N–H and O–H groups in total. The third-order valence-electron chi connectivity index (χ3n) is 6.94. The summed E-state index contributed by atoms with van der Waals surface area (Å²) in [7, 11) is 0. The van der Waals surface area contributed by atoms with Crippen molar-refractivity contribution in [1.82, 2.24) is 4.98 Å². The second-order valence-corrected chi connectivity index (χ2v) is 10.4. The molecule has 0 saturated carbocycles. The van der Waals surface area contributed by atoms with Crippen LogP contribution in [0.3, 0.4) is 0 Å². The summed E-state index contributed by atoms with van der Waals surface area (Å²) in [6.07, 6.45) is 2.01. The monoisotopic (exact) mass is 504 g/mol. The molecule has 0 bridgehead atoms. The largest absolute Gasteiger partial charge is 0.295 e. The highest BCUT2D eigenvalue weighted by molar-refractivity contribution is 7.25. The van der Waals surface area contributed by atoms with Gasteiger partial charge in [-0.15, -0.1) is 11.3 Å². The SMILES string of the molecule is c1ccc(-c2ccc(N(c3ccc(-c4ccccc4)cc3)c3cc4c(cn3)sc3ccccc34)cc2)cc1. The zero-order valence-electron chi connectivity index (χ0n) is 20.7. The molecule has 0 aliphatic heterocycles. The molecule has 2 nitrogen and oxygen atoms in total. The molecule has 0 spiro atoms. The number of anilines is 3. The lowest BCUT2D eigenvalue weighted by atomic mass is 10.0. The van der Waals surface area contributed by atoms with E-state index in [9.17, 15) is 0 Å². The number of hydrogen-bond acceptors (Lipinski definition) is 3. The van der Waals surface area contributed by atoms with Gasteiger partial charge in [0, 0.05) is 33.0 Å². The van der Waals surface area contributed by atoms with Crippen LogP contribution in [-0.2, 0) is 0 Å². The summed E-state index contributed by atoms with van der Waals surface area (Å²) in [5.74, 6) is 0.904. The molecule has 0 unspecified atom stereocenters. The minimum absolute atomic E-state index is 0.904. The Hall–Kier alpha value is -4.73. The first-order chi connectivity index (χ1) is 18.8. The molecule has 0 saturated heterocycles. The lowest BCUT2D eigenvalue weighted by Crippen LogP contribution is -2.11. The van der Waals surface area contributed by atoms with Crippen molar-refractivity contribution in [1.29, 1.82) is 0 Å². The normalized spacial score (nSPS) is 11.2. The molecule has 0 amide bonds. The zero-order chi connectivity index (χ0) is 25.3. The summed E-state index contributed by atoms with van der Waals surface area (Å²) >= 11 is 1.79. The van der Waals surface area contributed by atoms with Crippen molar-refractivity contribution in [2.24, 2.45) is 0 Å². The predicted molar refractivity (Wildman–Crippen MR) is 163 cm³/mol. The van der Waals surface area contributed by atoms with Crippen molar-refractivity contribution >= 4 is 48.7 Å². The van der Waals surface area contributed by atoms with Gasteiger partial charge in [0.1, 0.15) is 5.82 Å². The molecule has 180 valence electrons. The summed E-state index contributed by atoms with van der Waals surface area (Å²) < 4.78 is 2.49. The minimum Gasteiger partial charge on any atom is -0.295 e. The number of hydrogen-bond donors (Lipinski definition) is 0. The molecule has 38 heavy (non-hydrogen) atoms. The average molecular weight is 505 g/mol. The number of pyridine rings is 1. The highest BCUT2D eigenvalue weighted by atomic mass is 32.1. The molecule has 0 atom stereocenters. The first-order valence-corrected chi connectivity index (χ1v) is 13.5. The third-order valence-corrected chi connectivity index (χ3v) is 8.07. The van der Waals surface area contributed by atoms with Gasteiger partial charge >= 0.3 is 0 Å². The molecule has 2 aromatic heterocycles. The van der Waals surface area contributed by atoms with Crippen molar-refractivity contribution in [2.45, 2.75) is 0 Å². The van der Waals surface area contributed by atoms with Gasteiger partial charge in [-0.3, -0.25) is 4.90 Å². The van der Waals surface area contributed by atoms with Crippen LogP contribution in [0.25, 0.3) is 42.4 Å². The fraction of sp³-hybridized carbons (Fsp3) is 0. The summed E-state index contributed by atoms with van der Waals surface area (Å²) in [4.78, 5) is 7.20. The summed E-state index contributed by atoms with van der Waals surface area (Å²) in [6.45, 7) is 0. The Morgan fingerprint density at radius 2 is 0.947 bits per heavy atom. The van der Waals surface area contributed by atoms with Crippen LogP contribution >= 0.6 is 11.3 Å². The van der Waals surface area contributed by atoms with Gasteiger partial charge in [-0.2, -0.15) is 0 Å². The molecule has 0 aliphatic carbocycles. The van der Waals surface area contributed by atoms with Gasteiger partial charge < -0.3 is 0 Å². The van der Waals surface area contributed by atoms with Gasteiger partial charge in [0.25, 0.3) is 0 Å². The lowest BCUT2D eigenvalue weighted by molar-refractivity contribution is 1.19. The van der Waals surface area contributed by atoms with Gasteiger partial charge in [0.05, 0.1) is 4.70 Å². The predicted octanol–water partition coefficient (Wildman–Crippen LogP) is 10.3. The molecular weight excluding hydrogens is 480 g/mol. The molecular formula is C35H24N2S. The topological polar surface area (TPSA) is 16.1 Å². The van der Waals surface area contributed by atoms with Crippen LogP contribution in [0.4, 0.5) is 17.2 Å². The van der Waals surface area contributed by atoms with Crippen molar-refractivity contribution in [3.63, 3.8) is 0 Å². The molecule has 0 aliphatic rings. The Bertz CT molecular complexity index is 1760. The van der Waals surface area contributed by atoms with Gasteiger partial charge in [0.15, 0.2) is 0 Å². The zero-order valence-corrected chi connectivity index (χ0v) is 21.5. The Morgan fingerprint density at radius 3 is 1.53 bits per heavy atom. The number of rotatable bonds is 5. The maximum atomic E-state index is 4.95. The van der Waals surface area contributed by atoms with E-state index in [0.29, 0.717) is 0 Å². The molecule has 3 heteroatoms. The molecule has 2 heterocycles. The Balaban J connectivity index is 1.35. The first-order valence-electron chi connectivity index (χ1n) is 12.7. The van der Waals surface area contributed by atoms with E-state index < -0.39 is 0 Å². The van der Waals surface area contributed by atoms with Crippen LogP contribution in [-0.4, -0.2) is 4.98 Å². The smallest absolute Gasteiger partial charge is 0.138 e. The van der Waals surface area contributed by atoms with Crippen LogP contribution in [0, 0.1) is 0 Å². The number of fused-ring (bicyclic) bond motifs is 3. The second-order valence-electron chi connectivity index (χ2n) is 9.30. The van der Waals surface area contributed by atoms with Crippen molar-refractivity contribution in [3.05, 3.63) is 146 Å². The highest BCUT2D eigenvalue weighted by Gasteiger charge is 2.16. The molecule has 0 fully saturated rings. The van der Waals surface area contributed by atoms with E-state index in [0.717, 1.165) is 17.2 Å². The Morgan fingerprint density at radius 1 is 0.447 bits per heavy atom. The maximum absolute atomic E-state index is 4.95. The maximum Gasteiger partial charge on any atom is 0.138 e. The van der Waals surface area contributed by atoms with Crippen LogP contribution in [0.1, 0.15) is 0 Å². The summed E-state index contributed by atoms with van der Waals surface area (Å²) in [5, 5.41) is 2.51. The van der Waals surface area contributed by atoms with Crippen molar-refractivity contribution < 1.29 is 0 Å². The molecule has 5 aromatic carbocycles. The number of benzene rings is 5. The molecule has 0 radical (unpaired) electrons. The molecule has 7 aromatic rings. The van der Waals surface area contributed by atoms with E-state index in [1.165, 1.54) is 42.4 Å². The molecule has 7 rings (SSSR count).